The topological polar surface area (TPSA) is 36.7 Å². The van der Waals surface area contributed by atoms with Gasteiger partial charge in [-0.05, 0) is 142 Å². The number of hydrogen-bond donors (Lipinski definition) is 0. The third-order valence-corrected chi connectivity index (χ3v) is 13.5. The van der Waals surface area contributed by atoms with Crippen LogP contribution in [0.15, 0.2) is 158 Å². The number of nitriles is 1. The Morgan fingerprint density at radius 1 is 0.463 bits per heavy atom. The van der Waals surface area contributed by atoms with Crippen LogP contribution in [0, 0.1) is 35.0 Å². The molecule has 2 heteroatoms. The molecule has 0 atom stereocenters. The highest BCUT2D eigenvalue weighted by Gasteiger charge is 2.62. The summed E-state index contributed by atoms with van der Waals surface area (Å²) < 4.78 is 0. The zero-order valence-electron chi connectivity index (χ0n) is 30.3. The predicted molar refractivity (Wildman–Crippen MR) is 219 cm³/mol. The molecule has 258 valence electrons. The third-order valence-electron chi connectivity index (χ3n) is 13.5. The molecule has 4 fully saturated rings. The molecule has 1 heterocycles. The van der Waals surface area contributed by atoms with Gasteiger partial charge in [-0.25, -0.2) is 4.98 Å². The van der Waals surface area contributed by atoms with Gasteiger partial charge in [-0.3, -0.25) is 0 Å². The molecule has 0 unspecified atom stereocenters. The van der Waals surface area contributed by atoms with Crippen molar-refractivity contribution >= 4 is 0 Å². The van der Waals surface area contributed by atoms with E-state index in [2.05, 4.69) is 152 Å². The molecule has 7 aromatic rings. The van der Waals surface area contributed by atoms with Crippen molar-refractivity contribution in [3.63, 3.8) is 0 Å². The quantitative estimate of drug-likeness (QED) is 0.180. The predicted octanol–water partition coefficient (Wildman–Crippen LogP) is 13.0. The number of hydrogen-bond acceptors (Lipinski definition) is 2. The van der Waals surface area contributed by atoms with E-state index in [1.54, 1.807) is 5.56 Å². The molecule has 54 heavy (non-hydrogen) atoms. The minimum atomic E-state index is -0.00877. The van der Waals surface area contributed by atoms with Crippen LogP contribution in [0.25, 0.3) is 67.0 Å². The van der Waals surface area contributed by atoms with Crippen LogP contribution in [0.1, 0.15) is 48.8 Å². The fraction of sp³-hybridized carbons (Fsp3) is 0.192. The molecule has 0 radical (unpaired) electrons. The molecule has 6 aromatic carbocycles. The third kappa shape index (κ3) is 4.74. The fourth-order valence-electron chi connectivity index (χ4n) is 11.6. The summed E-state index contributed by atoms with van der Waals surface area (Å²) in [4.78, 5) is 5.18. The van der Waals surface area contributed by atoms with Crippen molar-refractivity contribution < 1.29 is 0 Å². The first kappa shape index (κ1) is 31.5. The zero-order valence-corrected chi connectivity index (χ0v) is 30.3. The van der Waals surface area contributed by atoms with Crippen molar-refractivity contribution in [1.29, 1.82) is 5.26 Å². The summed E-state index contributed by atoms with van der Waals surface area (Å²) in [6.45, 7) is 0. The highest BCUT2D eigenvalue weighted by atomic mass is 14.7. The fourth-order valence-corrected chi connectivity index (χ4v) is 11.6. The van der Waals surface area contributed by atoms with Crippen molar-refractivity contribution in [2.75, 3.05) is 0 Å². The second kappa shape index (κ2) is 12.3. The lowest BCUT2D eigenvalue weighted by Crippen LogP contribution is -2.55. The van der Waals surface area contributed by atoms with Crippen LogP contribution >= 0.6 is 0 Å². The van der Waals surface area contributed by atoms with Gasteiger partial charge in [-0.1, -0.05) is 127 Å². The Morgan fingerprint density at radius 3 is 1.67 bits per heavy atom. The van der Waals surface area contributed by atoms with Crippen molar-refractivity contribution in [1.82, 2.24) is 4.98 Å². The van der Waals surface area contributed by atoms with E-state index in [1.165, 1.54) is 76.6 Å². The smallest absolute Gasteiger partial charge is 0.0991 e. The second-order valence-electron chi connectivity index (χ2n) is 16.3. The lowest BCUT2D eigenvalue weighted by molar-refractivity contribution is -0.0397. The van der Waals surface area contributed by atoms with E-state index in [1.807, 2.05) is 12.1 Å². The highest BCUT2D eigenvalue weighted by Crippen LogP contribution is 2.71. The summed E-state index contributed by atoms with van der Waals surface area (Å²) in [7, 11) is 0. The van der Waals surface area contributed by atoms with Crippen LogP contribution in [-0.4, -0.2) is 4.98 Å². The number of pyridine rings is 1. The standard InChI is InChI=1S/C52H40N2/c53-32-33-11-7-17-39(24-33)44-19-10-22-47-50(44)46-21-9-20-45(51(46)52(47)42-25-34-23-35(27-42)28-43(52)26-34)40-18-8-16-38(29-40)41-30-48(36-12-3-1-4-13-36)54-49(31-41)37-14-5-2-6-15-37/h1-22,24,29-31,34-35,42-43H,23,25-28H2. The normalized spacial score (nSPS) is 22.9. The maximum absolute atomic E-state index is 9.86. The van der Waals surface area contributed by atoms with Gasteiger partial charge in [0.05, 0.1) is 23.0 Å². The van der Waals surface area contributed by atoms with Gasteiger partial charge in [0.1, 0.15) is 0 Å². The lowest BCUT2D eigenvalue weighted by Gasteiger charge is -2.61. The van der Waals surface area contributed by atoms with Gasteiger partial charge in [0.25, 0.3) is 0 Å². The molecule has 0 saturated heterocycles. The zero-order chi connectivity index (χ0) is 35.8. The van der Waals surface area contributed by atoms with E-state index in [0.717, 1.165) is 39.9 Å². The molecular weight excluding hydrogens is 653 g/mol. The van der Waals surface area contributed by atoms with Gasteiger partial charge in [0.15, 0.2) is 0 Å². The minimum absolute atomic E-state index is 0.00877. The first-order valence-electron chi connectivity index (χ1n) is 19.7. The molecule has 4 saturated carbocycles. The van der Waals surface area contributed by atoms with Gasteiger partial charge >= 0.3 is 0 Å². The number of fused-ring (bicyclic) bond motifs is 3. The molecule has 1 spiro atoms. The van der Waals surface area contributed by atoms with Crippen LogP contribution in [-0.2, 0) is 5.41 Å². The van der Waals surface area contributed by atoms with E-state index in [4.69, 9.17) is 4.98 Å². The Hall–Kier alpha value is -6.04. The van der Waals surface area contributed by atoms with Gasteiger partial charge in [-0.15, -0.1) is 0 Å². The molecule has 0 aliphatic heterocycles. The van der Waals surface area contributed by atoms with E-state index in [0.29, 0.717) is 17.4 Å². The van der Waals surface area contributed by atoms with E-state index >= 15 is 0 Å². The average Bonchev–Trinajstić information content (AvgIpc) is 3.54. The summed E-state index contributed by atoms with van der Waals surface area (Å²) in [5, 5.41) is 9.86. The average molecular weight is 693 g/mol. The van der Waals surface area contributed by atoms with Crippen LogP contribution in [0.3, 0.4) is 0 Å². The van der Waals surface area contributed by atoms with E-state index in [-0.39, 0.29) is 5.41 Å². The molecule has 0 N–H and O–H groups in total. The molecule has 12 rings (SSSR count). The Bertz CT molecular complexity index is 2540. The SMILES string of the molecule is N#Cc1cccc(-c2cccc3c2-c2cccc(-c4cccc(-c5cc(-c6ccccc6)nc(-c6ccccc6)c5)c4)c2C32C3CC4CC(C3)CC2C4)c1. The van der Waals surface area contributed by atoms with Gasteiger partial charge in [0, 0.05) is 16.5 Å². The lowest BCUT2D eigenvalue weighted by atomic mass is 9.42. The van der Waals surface area contributed by atoms with Crippen LogP contribution in [0.5, 0.6) is 0 Å². The van der Waals surface area contributed by atoms with E-state index < -0.39 is 0 Å². The number of benzene rings is 6. The van der Waals surface area contributed by atoms with Crippen molar-refractivity contribution in [2.45, 2.75) is 37.5 Å². The largest absolute Gasteiger partial charge is 0.248 e. The van der Waals surface area contributed by atoms with Crippen LogP contribution < -0.4 is 0 Å². The summed E-state index contributed by atoms with van der Waals surface area (Å²) >= 11 is 0. The van der Waals surface area contributed by atoms with Crippen LogP contribution in [0.2, 0.25) is 0 Å². The summed E-state index contributed by atoms with van der Waals surface area (Å²) in [6, 6.07) is 59.6. The van der Waals surface area contributed by atoms with Crippen molar-refractivity contribution in [3.05, 3.63) is 174 Å². The highest BCUT2D eigenvalue weighted by molar-refractivity contribution is 5.97. The number of rotatable bonds is 5. The maximum Gasteiger partial charge on any atom is 0.0991 e. The van der Waals surface area contributed by atoms with Gasteiger partial charge in [0.2, 0.25) is 0 Å². The summed E-state index contributed by atoms with van der Waals surface area (Å²) in [5.74, 6) is 3.00. The number of nitrogens with zero attached hydrogens (tertiary/aromatic N) is 2. The number of aromatic nitrogens is 1. The van der Waals surface area contributed by atoms with Crippen molar-refractivity contribution in [2.24, 2.45) is 23.7 Å². The molecular formula is C52H40N2. The Morgan fingerprint density at radius 2 is 1.00 bits per heavy atom. The Balaban J connectivity index is 1.12. The molecule has 5 aliphatic rings. The second-order valence-corrected chi connectivity index (χ2v) is 16.3. The van der Waals surface area contributed by atoms with Crippen LogP contribution in [0.4, 0.5) is 0 Å². The molecule has 4 bridgehead atoms. The summed E-state index contributed by atoms with van der Waals surface area (Å²) in [6.07, 6.45) is 6.74. The maximum atomic E-state index is 9.86. The van der Waals surface area contributed by atoms with E-state index in [9.17, 15) is 5.26 Å². The first-order valence-corrected chi connectivity index (χ1v) is 19.7. The van der Waals surface area contributed by atoms with Gasteiger partial charge in [-0.2, -0.15) is 5.26 Å². The van der Waals surface area contributed by atoms with Crippen molar-refractivity contribution in [3.8, 4) is 73.1 Å². The summed E-state index contributed by atoms with van der Waals surface area (Å²) in [5.41, 5.74) is 18.2. The minimum Gasteiger partial charge on any atom is -0.248 e. The molecule has 1 aromatic heterocycles. The Kier molecular flexibility index (Phi) is 7.15. The molecule has 5 aliphatic carbocycles. The first-order chi connectivity index (χ1) is 26.7. The monoisotopic (exact) mass is 692 g/mol. The molecule has 0 amide bonds. The molecule has 2 nitrogen and oxygen atoms in total. The Labute approximate surface area is 317 Å². The van der Waals surface area contributed by atoms with Gasteiger partial charge < -0.3 is 0 Å².